The molecule has 140 valence electrons. The highest BCUT2D eigenvalue weighted by Crippen LogP contribution is 2.35. The van der Waals surface area contributed by atoms with Gasteiger partial charge in [-0.1, -0.05) is 48.0 Å². The third-order valence-electron chi connectivity index (χ3n) is 4.70. The molecule has 1 atom stereocenters. The number of pyridine rings is 1. The summed E-state index contributed by atoms with van der Waals surface area (Å²) in [6, 6.07) is 19.2. The van der Waals surface area contributed by atoms with Crippen LogP contribution in [0.2, 0.25) is 5.02 Å². The number of amides is 2. The Hall–Kier alpha value is -3.75. The molecule has 2 aromatic carbocycles. The number of hydrogen-bond donors (Lipinski definition) is 0. The minimum Gasteiger partial charge on any atom is -0.273 e. The Balaban J connectivity index is 1.93. The third kappa shape index (κ3) is 3.42. The summed E-state index contributed by atoms with van der Waals surface area (Å²) in [6.45, 7) is 0. The Morgan fingerprint density at radius 3 is 2.59 bits per heavy atom. The van der Waals surface area contributed by atoms with Gasteiger partial charge in [0.25, 0.3) is 5.91 Å². The lowest BCUT2D eigenvalue weighted by atomic mass is 9.87. The molecule has 0 N–H and O–H groups in total. The van der Waals surface area contributed by atoms with E-state index in [1.165, 1.54) is 6.20 Å². The second-order valence-electron chi connectivity index (χ2n) is 6.46. The molecule has 0 spiro atoms. The summed E-state index contributed by atoms with van der Waals surface area (Å²) in [5, 5.41) is 9.99. The molecular weight excluding hydrogens is 386 g/mol. The van der Waals surface area contributed by atoms with Gasteiger partial charge in [0, 0.05) is 22.4 Å². The molecule has 3 aromatic rings. The fourth-order valence-corrected chi connectivity index (χ4v) is 3.56. The first-order valence-electron chi connectivity index (χ1n) is 8.85. The van der Waals surface area contributed by atoms with Gasteiger partial charge in [-0.2, -0.15) is 5.26 Å². The Morgan fingerprint density at radius 1 is 1.03 bits per heavy atom. The number of benzene rings is 2. The van der Waals surface area contributed by atoms with E-state index in [0.29, 0.717) is 27.4 Å². The summed E-state index contributed by atoms with van der Waals surface area (Å²) >= 11 is 6.13. The molecule has 2 amide bonds. The lowest BCUT2D eigenvalue weighted by Gasteiger charge is -2.30. The number of nitriles is 1. The van der Waals surface area contributed by atoms with E-state index in [-0.39, 0.29) is 5.57 Å². The topological polar surface area (TPSA) is 74.1 Å². The van der Waals surface area contributed by atoms with Crippen molar-refractivity contribution >= 4 is 34.7 Å². The second-order valence-corrected chi connectivity index (χ2v) is 6.90. The highest BCUT2D eigenvalue weighted by Gasteiger charge is 2.38. The van der Waals surface area contributed by atoms with Gasteiger partial charge in [-0.25, -0.2) is 4.90 Å². The molecule has 0 saturated carbocycles. The van der Waals surface area contributed by atoms with Gasteiger partial charge in [-0.15, -0.1) is 0 Å². The van der Waals surface area contributed by atoms with Crippen LogP contribution in [0.5, 0.6) is 0 Å². The molecule has 0 bridgehead atoms. The van der Waals surface area contributed by atoms with Gasteiger partial charge in [0.05, 0.1) is 29.4 Å². The van der Waals surface area contributed by atoms with Crippen molar-refractivity contribution in [3.63, 3.8) is 0 Å². The molecule has 0 radical (unpaired) electrons. The zero-order valence-corrected chi connectivity index (χ0v) is 15.9. The maximum absolute atomic E-state index is 13.3. The summed E-state index contributed by atoms with van der Waals surface area (Å²) in [7, 11) is 0. The zero-order valence-electron chi connectivity index (χ0n) is 15.1. The summed E-state index contributed by atoms with van der Waals surface area (Å²) in [5.74, 6) is -1.62. The molecule has 0 saturated heterocycles. The summed E-state index contributed by atoms with van der Waals surface area (Å²) in [6.07, 6.45) is 4.64. The number of imide groups is 1. The molecule has 1 aliphatic rings. The Morgan fingerprint density at radius 2 is 1.86 bits per heavy atom. The average molecular weight is 400 g/mol. The van der Waals surface area contributed by atoms with E-state index in [1.807, 2.05) is 0 Å². The molecule has 0 aliphatic carbocycles. The number of aromatic nitrogens is 1. The van der Waals surface area contributed by atoms with E-state index in [0.717, 1.165) is 4.90 Å². The van der Waals surface area contributed by atoms with Crippen LogP contribution in [-0.2, 0) is 9.59 Å². The molecule has 0 fully saturated rings. The minimum absolute atomic E-state index is 0.288. The maximum atomic E-state index is 13.3. The van der Waals surface area contributed by atoms with Crippen molar-refractivity contribution in [2.75, 3.05) is 4.90 Å². The summed E-state index contributed by atoms with van der Waals surface area (Å²) < 4.78 is 0. The fraction of sp³-hybridized carbons (Fsp3) is 0.0435. The van der Waals surface area contributed by atoms with Crippen LogP contribution < -0.4 is 4.90 Å². The van der Waals surface area contributed by atoms with Crippen molar-refractivity contribution in [3.8, 4) is 6.07 Å². The molecule has 2 heterocycles. The number of nitrogens with zero attached hydrogens (tertiary/aromatic N) is 3. The number of carbonyl (C=O) groups is 2. The smallest absolute Gasteiger partial charge is 0.265 e. The van der Waals surface area contributed by atoms with Gasteiger partial charge in [-0.05, 0) is 35.9 Å². The first kappa shape index (κ1) is 18.6. The SMILES string of the molecule is N#Cc1ccccc1C1=CC(c2cccc(Cl)c2)C(=O)N(c2cccnc2)C1=O. The summed E-state index contributed by atoms with van der Waals surface area (Å²) in [5.41, 5.74) is 2.16. The Kier molecular flexibility index (Phi) is 4.94. The van der Waals surface area contributed by atoms with Crippen LogP contribution in [0.25, 0.3) is 5.57 Å². The van der Waals surface area contributed by atoms with Crippen molar-refractivity contribution in [2.45, 2.75) is 5.92 Å². The zero-order chi connectivity index (χ0) is 20.4. The maximum Gasteiger partial charge on any atom is 0.265 e. The lowest BCUT2D eigenvalue weighted by Crippen LogP contribution is -2.43. The van der Waals surface area contributed by atoms with E-state index >= 15 is 0 Å². The van der Waals surface area contributed by atoms with Crippen molar-refractivity contribution in [1.82, 2.24) is 4.98 Å². The van der Waals surface area contributed by atoms with Crippen LogP contribution in [0.3, 0.4) is 0 Å². The Labute approximate surface area is 172 Å². The van der Waals surface area contributed by atoms with Crippen LogP contribution in [0.1, 0.15) is 22.6 Å². The quantitative estimate of drug-likeness (QED) is 0.614. The Bertz CT molecular complexity index is 1180. The highest BCUT2D eigenvalue weighted by molar-refractivity contribution is 6.38. The largest absolute Gasteiger partial charge is 0.273 e. The van der Waals surface area contributed by atoms with Crippen LogP contribution in [0.15, 0.2) is 79.1 Å². The predicted octanol–water partition coefficient (Wildman–Crippen LogP) is 4.35. The third-order valence-corrected chi connectivity index (χ3v) is 4.94. The molecule has 29 heavy (non-hydrogen) atoms. The van der Waals surface area contributed by atoms with Crippen LogP contribution in [0, 0.1) is 11.3 Å². The van der Waals surface area contributed by atoms with Gasteiger partial charge in [-0.3, -0.25) is 14.6 Å². The first-order chi connectivity index (χ1) is 14.1. The number of anilines is 1. The van der Waals surface area contributed by atoms with E-state index < -0.39 is 17.7 Å². The van der Waals surface area contributed by atoms with Gasteiger partial charge in [0.15, 0.2) is 0 Å². The average Bonchev–Trinajstić information content (AvgIpc) is 2.75. The minimum atomic E-state index is -0.728. The van der Waals surface area contributed by atoms with Crippen molar-refractivity contribution in [1.29, 1.82) is 5.26 Å². The van der Waals surface area contributed by atoms with Gasteiger partial charge >= 0.3 is 0 Å². The molecular formula is C23H14ClN3O2. The number of halogens is 1. The number of rotatable bonds is 3. The van der Waals surface area contributed by atoms with Crippen LogP contribution in [0.4, 0.5) is 5.69 Å². The second kappa shape index (κ2) is 7.70. The van der Waals surface area contributed by atoms with Crippen molar-refractivity contribution in [2.24, 2.45) is 0 Å². The van der Waals surface area contributed by atoms with E-state index in [1.54, 1.807) is 72.9 Å². The molecule has 1 aliphatic heterocycles. The molecule has 6 heteroatoms. The van der Waals surface area contributed by atoms with Crippen LogP contribution >= 0.6 is 11.6 Å². The predicted molar refractivity (Wildman–Crippen MR) is 110 cm³/mol. The van der Waals surface area contributed by atoms with E-state index in [2.05, 4.69) is 11.1 Å². The normalized spacial score (nSPS) is 16.3. The van der Waals surface area contributed by atoms with Gasteiger partial charge < -0.3 is 0 Å². The molecule has 5 nitrogen and oxygen atoms in total. The lowest BCUT2D eigenvalue weighted by molar-refractivity contribution is -0.124. The number of carbonyl (C=O) groups excluding carboxylic acids is 2. The first-order valence-corrected chi connectivity index (χ1v) is 9.23. The summed E-state index contributed by atoms with van der Waals surface area (Å²) in [4.78, 5) is 31.8. The van der Waals surface area contributed by atoms with Crippen LogP contribution in [-0.4, -0.2) is 16.8 Å². The van der Waals surface area contributed by atoms with E-state index in [9.17, 15) is 14.9 Å². The van der Waals surface area contributed by atoms with E-state index in [4.69, 9.17) is 11.6 Å². The molecule has 1 aromatic heterocycles. The highest BCUT2D eigenvalue weighted by atomic mass is 35.5. The van der Waals surface area contributed by atoms with Crippen molar-refractivity contribution < 1.29 is 9.59 Å². The monoisotopic (exact) mass is 399 g/mol. The van der Waals surface area contributed by atoms with Gasteiger partial charge in [0.1, 0.15) is 0 Å². The van der Waals surface area contributed by atoms with Gasteiger partial charge in [0.2, 0.25) is 5.91 Å². The van der Waals surface area contributed by atoms with Crippen molar-refractivity contribution in [3.05, 3.63) is 101 Å². The molecule has 4 rings (SSSR count). The standard InChI is InChI=1S/C23H14ClN3O2/c24-17-7-3-6-15(11-17)20-12-21(19-9-2-1-5-16(19)13-25)23(29)27(22(20)28)18-8-4-10-26-14-18/h1-12,14,20H. The molecule has 1 unspecified atom stereocenters. The number of hydrogen-bond acceptors (Lipinski definition) is 4. The fourth-order valence-electron chi connectivity index (χ4n) is 3.36.